The molecule has 0 unspecified atom stereocenters. The molecule has 0 aliphatic heterocycles. The summed E-state index contributed by atoms with van der Waals surface area (Å²) in [4.78, 5) is 10.6. The highest BCUT2D eigenvalue weighted by molar-refractivity contribution is 9.10. The standard InChI is InChI=1S/C15H18BrClO3/c1-2-3-4-5-8-20-15-11(6-7-14(18)19)9-12(17)10-13(15)16/h6-7,9-10H,2-5,8H2,1H3,(H,18,19)/b7-6+. The van der Waals surface area contributed by atoms with Gasteiger partial charge in [0.1, 0.15) is 5.75 Å². The average Bonchev–Trinajstić information content (AvgIpc) is 2.38. The Morgan fingerprint density at radius 1 is 1.40 bits per heavy atom. The van der Waals surface area contributed by atoms with Crippen LogP contribution in [0.2, 0.25) is 5.02 Å². The summed E-state index contributed by atoms with van der Waals surface area (Å²) in [6.45, 7) is 2.76. The zero-order valence-corrected chi connectivity index (χ0v) is 13.7. The predicted molar refractivity (Wildman–Crippen MR) is 85.5 cm³/mol. The summed E-state index contributed by atoms with van der Waals surface area (Å²) in [5, 5.41) is 9.23. The molecule has 5 heteroatoms. The van der Waals surface area contributed by atoms with Gasteiger partial charge in [0.25, 0.3) is 0 Å². The van der Waals surface area contributed by atoms with Gasteiger partial charge >= 0.3 is 5.97 Å². The first kappa shape index (κ1) is 17.1. The summed E-state index contributed by atoms with van der Waals surface area (Å²) < 4.78 is 6.48. The second kappa shape index (κ2) is 9.03. The molecule has 0 heterocycles. The summed E-state index contributed by atoms with van der Waals surface area (Å²) in [6.07, 6.45) is 7.03. The SMILES string of the molecule is CCCCCCOc1c(Br)cc(Cl)cc1/C=C/C(=O)O. The van der Waals surface area contributed by atoms with Crippen LogP contribution in [-0.4, -0.2) is 17.7 Å². The smallest absolute Gasteiger partial charge is 0.328 e. The zero-order chi connectivity index (χ0) is 15.0. The number of unbranched alkanes of at least 4 members (excludes halogenated alkanes) is 3. The van der Waals surface area contributed by atoms with Crippen LogP contribution in [0.3, 0.4) is 0 Å². The predicted octanol–water partition coefficient (Wildman–Crippen LogP) is 5.16. The van der Waals surface area contributed by atoms with Crippen molar-refractivity contribution in [2.75, 3.05) is 6.61 Å². The van der Waals surface area contributed by atoms with Gasteiger partial charge in [-0.1, -0.05) is 37.8 Å². The van der Waals surface area contributed by atoms with E-state index in [0.717, 1.165) is 23.4 Å². The summed E-state index contributed by atoms with van der Waals surface area (Å²) >= 11 is 9.37. The van der Waals surface area contributed by atoms with E-state index in [4.69, 9.17) is 21.4 Å². The molecule has 0 saturated carbocycles. The largest absolute Gasteiger partial charge is 0.492 e. The number of hydrogen-bond acceptors (Lipinski definition) is 2. The van der Waals surface area contributed by atoms with Crippen molar-refractivity contribution in [1.82, 2.24) is 0 Å². The lowest BCUT2D eigenvalue weighted by molar-refractivity contribution is -0.131. The van der Waals surface area contributed by atoms with Gasteiger partial charge in [-0.25, -0.2) is 4.79 Å². The molecule has 0 bridgehead atoms. The molecule has 1 rings (SSSR count). The first-order valence-electron chi connectivity index (χ1n) is 6.57. The van der Waals surface area contributed by atoms with Crippen molar-refractivity contribution >= 4 is 39.6 Å². The lowest BCUT2D eigenvalue weighted by Crippen LogP contribution is -2.00. The number of carboxylic acids is 1. The van der Waals surface area contributed by atoms with Crippen LogP contribution in [0.25, 0.3) is 6.08 Å². The molecule has 0 amide bonds. The number of carboxylic acid groups (broad SMARTS) is 1. The van der Waals surface area contributed by atoms with Gasteiger partial charge in [-0.15, -0.1) is 0 Å². The Kier molecular flexibility index (Phi) is 7.70. The van der Waals surface area contributed by atoms with Crippen LogP contribution < -0.4 is 4.74 Å². The molecular formula is C15H18BrClO3. The van der Waals surface area contributed by atoms with Crippen molar-refractivity contribution in [3.05, 3.63) is 33.3 Å². The normalized spacial score (nSPS) is 10.9. The molecule has 0 spiro atoms. The number of aliphatic carboxylic acids is 1. The van der Waals surface area contributed by atoms with Crippen molar-refractivity contribution in [1.29, 1.82) is 0 Å². The minimum atomic E-state index is -1.00. The molecule has 0 aliphatic rings. The fourth-order valence-electron chi connectivity index (χ4n) is 1.72. The summed E-state index contributed by atoms with van der Waals surface area (Å²) in [5.41, 5.74) is 0.655. The Labute approximate surface area is 132 Å². The highest BCUT2D eigenvalue weighted by atomic mass is 79.9. The first-order chi connectivity index (χ1) is 9.54. The number of halogens is 2. The third kappa shape index (κ3) is 5.97. The quantitative estimate of drug-likeness (QED) is 0.514. The van der Waals surface area contributed by atoms with E-state index in [1.54, 1.807) is 12.1 Å². The minimum Gasteiger partial charge on any atom is -0.492 e. The number of rotatable bonds is 8. The van der Waals surface area contributed by atoms with Gasteiger partial charge in [-0.05, 0) is 40.6 Å². The lowest BCUT2D eigenvalue weighted by Gasteiger charge is -2.12. The minimum absolute atomic E-state index is 0.528. The molecule has 0 fully saturated rings. The second-order valence-corrected chi connectivity index (χ2v) is 5.68. The molecule has 0 radical (unpaired) electrons. The third-order valence-corrected chi connectivity index (χ3v) is 3.49. The highest BCUT2D eigenvalue weighted by Gasteiger charge is 2.09. The molecule has 0 atom stereocenters. The Morgan fingerprint density at radius 2 is 2.15 bits per heavy atom. The Morgan fingerprint density at radius 3 is 2.80 bits per heavy atom. The van der Waals surface area contributed by atoms with Gasteiger partial charge in [-0.2, -0.15) is 0 Å². The van der Waals surface area contributed by atoms with Crippen LogP contribution >= 0.6 is 27.5 Å². The van der Waals surface area contributed by atoms with E-state index >= 15 is 0 Å². The van der Waals surface area contributed by atoms with Gasteiger partial charge in [0.15, 0.2) is 0 Å². The van der Waals surface area contributed by atoms with E-state index in [-0.39, 0.29) is 0 Å². The van der Waals surface area contributed by atoms with E-state index in [1.165, 1.54) is 18.9 Å². The second-order valence-electron chi connectivity index (χ2n) is 4.39. The first-order valence-corrected chi connectivity index (χ1v) is 7.74. The van der Waals surface area contributed by atoms with Crippen molar-refractivity contribution in [3.63, 3.8) is 0 Å². The highest BCUT2D eigenvalue weighted by Crippen LogP contribution is 2.33. The molecule has 1 N–H and O–H groups in total. The van der Waals surface area contributed by atoms with Crippen molar-refractivity contribution in [2.45, 2.75) is 32.6 Å². The molecular weight excluding hydrogens is 344 g/mol. The molecule has 1 aromatic carbocycles. The lowest BCUT2D eigenvalue weighted by atomic mass is 10.2. The van der Waals surface area contributed by atoms with Crippen LogP contribution in [0, 0.1) is 0 Å². The van der Waals surface area contributed by atoms with Gasteiger partial charge in [-0.3, -0.25) is 0 Å². The van der Waals surface area contributed by atoms with Crippen molar-refractivity contribution in [2.24, 2.45) is 0 Å². The Balaban J connectivity index is 2.79. The molecule has 0 aliphatic carbocycles. The average molecular weight is 362 g/mol. The number of ether oxygens (including phenoxy) is 1. The fourth-order valence-corrected chi connectivity index (χ4v) is 2.67. The summed E-state index contributed by atoms with van der Waals surface area (Å²) in [5.74, 6) is -0.376. The van der Waals surface area contributed by atoms with Crippen molar-refractivity contribution in [3.8, 4) is 5.75 Å². The molecule has 3 nitrogen and oxygen atoms in total. The van der Waals surface area contributed by atoms with Gasteiger partial charge in [0.05, 0.1) is 11.1 Å². The Bertz CT molecular complexity index is 486. The van der Waals surface area contributed by atoms with Crippen molar-refractivity contribution < 1.29 is 14.6 Å². The van der Waals surface area contributed by atoms with Crippen LogP contribution in [0.15, 0.2) is 22.7 Å². The van der Waals surface area contributed by atoms with Gasteiger partial charge in [0.2, 0.25) is 0 Å². The molecule has 0 saturated heterocycles. The number of hydrogen-bond donors (Lipinski definition) is 1. The van der Waals surface area contributed by atoms with E-state index in [9.17, 15) is 4.79 Å². The van der Waals surface area contributed by atoms with Crippen LogP contribution in [-0.2, 0) is 4.79 Å². The fraction of sp³-hybridized carbons (Fsp3) is 0.400. The maximum Gasteiger partial charge on any atom is 0.328 e. The summed E-state index contributed by atoms with van der Waals surface area (Å²) in [6, 6.07) is 3.42. The topological polar surface area (TPSA) is 46.5 Å². The number of benzene rings is 1. The zero-order valence-electron chi connectivity index (χ0n) is 11.4. The maximum atomic E-state index is 10.6. The van der Waals surface area contributed by atoms with E-state index in [0.29, 0.717) is 22.9 Å². The van der Waals surface area contributed by atoms with E-state index in [2.05, 4.69) is 22.9 Å². The monoisotopic (exact) mass is 360 g/mol. The molecule has 1 aromatic rings. The van der Waals surface area contributed by atoms with Crippen LogP contribution in [0.1, 0.15) is 38.2 Å². The van der Waals surface area contributed by atoms with Gasteiger partial charge in [0, 0.05) is 16.7 Å². The maximum absolute atomic E-state index is 10.6. The van der Waals surface area contributed by atoms with Gasteiger partial charge < -0.3 is 9.84 Å². The van der Waals surface area contributed by atoms with E-state index < -0.39 is 5.97 Å². The third-order valence-electron chi connectivity index (χ3n) is 2.69. The molecule has 110 valence electrons. The van der Waals surface area contributed by atoms with Crippen LogP contribution in [0.5, 0.6) is 5.75 Å². The molecule has 0 aromatic heterocycles. The number of carbonyl (C=O) groups is 1. The molecule has 20 heavy (non-hydrogen) atoms. The van der Waals surface area contributed by atoms with Crippen LogP contribution in [0.4, 0.5) is 0 Å². The van der Waals surface area contributed by atoms with E-state index in [1.807, 2.05) is 0 Å². The Hall–Kier alpha value is -1.00. The summed E-state index contributed by atoms with van der Waals surface area (Å²) in [7, 11) is 0.